The highest BCUT2D eigenvalue weighted by molar-refractivity contribution is 7.92. The van der Waals surface area contributed by atoms with E-state index in [1.807, 2.05) is 0 Å². The van der Waals surface area contributed by atoms with E-state index in [1.54, 1.807) is 38.1 Å². The summed E-state index contributed by atoms with van der Waals surface area (Å²) < 4.78 is 54.1. The lowest BCUT2D eigenvalue weighted by atomic mass is 9.88. The Morgan fingerprint density at radius 1 is 1.19 bits per heavy atom. The molecule has 1 aliphatic heterocycles. The van der Waals surface area contributed by atoms with Crippen LogP contribution in [-0.4, -0.2) is 32.6 Å². The number of fused-ring (bicyclic) bond motifs is 1. The fourth-order valence-electron chi connectivity index (χ4n) is 4.34. The Hall–Kier alpha value is -3.30. The molecule has 0 radical (unpaired) electrons. The number of carboxylic acids is 1. The van der Waals surface area contributed by atoms with Crippen LogP contribution in [0, 0.1) is 18.7 Å². The van der Waals surface area contributed by atoms with Gasteiger partial charge < -0.3 is 14.6 Å². The molecule has 3 aromatic rings. The number of ether oxygens (including phenoxy) is 2. The van der Waals surface area contributed by atoms with Crippen LogP contribution >= 0.6 is 11.6 Å². The number of hydrogen-bond acceptors (Lipinski definition) is 5. The van der Waals surface area contributed by atoms with Crippen molar-refractivity contribution in [3.63, 3.8) is 0 Å². The van der Waals surface area contributed by atoms with E-state index < -0.39 is 33.8 Å². The molecule has 7 nitrogen and oxygen atoms in total. The smallest absolute Gasteiger partial charge is 0.308 e. The van der Waals surface area contributed by atoms with E-state index in [-0.39, 0.29) is 34.3 Å². The van der Waals surface area contributed by atoms with Crippen molar-refractivity contribution in [2.75, 3.05) is 11.4 Å². The van der Waals surface area contributed by atoms with Crippen LogP contribution in [0.3, 0.4) is 0 Å². The molecule has 0 fully saturated rings. The van der Waals surface area contributed by atoms with Crippen molar-refractivity contribution >= 4 is 33.3 Å². The summed E-state index contributed by atoms with van der Waals surface area (Å²) in [6.45, 7) is 3.19. The minimum Gasteiger partial charge on any atom is -0.496 e. The SMILES string of the molecule is COc1cc(S(=O)(=O)N2c3cc(OCc4c(F)cccc4Cl)ccc3CC(C(=O)O)C2C)ccc1C. The molecule has 190 valence electrons. The third-order valence-electron chi connectivity index (χ3n) is 6.38. The predicted molar refractivity (Wildman–Crippen MR) is 134 cm³/mol. The van der Waals surface area contributed by atoms with Crippen LogP contribution in [0.5, 0.6) is 11.5 Å². The van der Waals surface area contributed by atoms with Crippen LogP contribution in [0.25, 0.3) is 0 Å². The molecule has 1 heterocycles. The molecule has 0 bridgehead atoms. The van der Waals surface area contributed by atoms with Crippen molar-refractivity contribution in [3.8, 4) is 11.5 Å². The summed E-state index contributed by atoms with van der Waals surface area (Å²) in [5, 5.41) is 10.0. The van der Waals surface area contributed by atoms with Gasteiger partial charge in [-0.05, 0) is 55.7 Å². The lowest BCUT2D eigenvalue weighted by Gasteiger charge is -2.39. The van der Waals surface area contributed by atoms with Crippen LogP contribution in [0.2, 0.25) is 5.02 Å². The van der Waals surface area contributed by atoms with Crippen molar-refractivity contribution in [1.29, 1.82) is 0 Å². The Labute approximate surface area is 214 Å². The molecule has 0 amide bonds. The number of nitrogens with zero attached hydrogens (tertiary/aromatic N) is 1. The Balaban J connectivity index is 1.77. The van der Waals surface area contributed by atoms with Crippen LogP contribution < -0.4 is 13.8 Å². The second kappa shape index (κ2) is 9.99. The first kappa shape index (κ1) is 25.8. The van der Waals surface area contributed by atoms with Gasteiger partial charge in [0, 0.05) is 17.7 Å². The van der Waals surface area contributed by atoms with Crippen molar-refractivity contribution in [2.45, 2.75) is 37.8 Å². The van der Waals surface area contributed by atoms with Gasteiger partial charge in [-0.1, -0.05) is 29.8 Å². The number of aliphatic carboxylic acids is 1. The first-order valence-electron chi connectivity index (χ1n) is 11.1. The van der Waals surface area contributed by atoms with Gasteiger partial charge in [-0.15, -0.1) is 0 Å². The summed E-state index contributed by atoms with van der Waals surface area (Å²) in [6.07, 6.45) is 0.147. The quantitative estimate of drug-likeness (QED) is 0.448. The van der Waals surface area contributed by atoms with Crippen LogP contribution in [0.15, 0.2) is 59.5 Å². The Kier molecular flexibility index (Phi) is 7.15. The van der Waals surface area contributed by atoms with Crippen molar-refractivity contribution in [1.82, 2.24) is 0 Å². The average molecular weight is 534 g/mol. The maximum atomic E-state index is 14.2. The lowest BCUT2D eigenvalue weighted by molar-refractivity contribution is -0.142. The summed E-state index contributed by atoms with van der Waals surface area (Å²) in [5.74, 6) is -1.88. The number of anilines is 1. The molecule has 0 spiro atoms. The minimum atomic E-state index is -4.18. The highest BCUT2D eigenvalue weighted by Gasteiger charge is 2.42. The van der Waals surface area contributed by atoms with E-state index >= 15 is 0 Å². The van der Waals surface area contributed by atoms with E-state index in [1.165, 1.54) is 37.4 Å². The van der Waals surface area contributed by atoms with Gasteiger partial charge in [0.15, 0.2) is 0 Å². The lowest BCUT2D eigenvalue weighted by Crippen LogP contribution is -2.49. The summed E-state index contributed by atoms with van der Waals surface area (Å²) in [5.41, 5.74) is 1.78. The number of carboxylic acid groups (broad SMARTS) is 1. The molecule has 3 aromatic carbocycles. The minimum absolute atomic E-state index is 0.0294. The van der Waals surface area contributed by atoms with Gasteiger partial charge in [0.2, 0.25) is 0 Å². The Morgan fingerprint density at radius 3 is 2.61 bits per heavy atom. The van der Waals surface area contributed by atoms with E-state index in [9.17, 15) is 22.7 Å². The molecule has 2 atom stereocenters. The molecule has 0 aromatic heterocycles. The van der Waals surface area contributed by atoms with Gasteiger partial charge in [-0.3, -0.25) is 9.10 Å². The van der Waals surface area contributed by atoms with E-state index in [2.05, 4.69) is 0 Å². The summed E-state index contributed by atoms with van der Waals surface area (Å²) in [4.78, 5) is 12.0. The van der Waals surface area contributed by atoms with Crippen LogP contribution in [0.1, 0.15) is 23.6 Å². The number of carbonyl (C=O) groups is 1. The number of sulfonamides is 1. The normalized spacial score (nSPS) is 17.4. The zero-order chi connectivity index (χ0) is 26.2. The zero-order valence-corrected chi connectivity index (χ0v) is 21.4. The van der Waals surface area contributed by atoms with Gasteiger partial charge in [-0.25, -0.2) is 12.8 Å². The van der Waals surface area contributed by atoms with Crippen LogP contribution in [-0.2, 0) is 27.8 Å². The molecule has 0 aliphatic carbocycles. The third-order valence-corrected chi connectivity index (χ3v) is 8.64. The fourth-order valence-corrected chi connectivity index (χ4v) is 6.30. The van der Waals surface area contributed by atoms with Gasteiger partial charge in [0.1, 0.15) is 23.9 Å². The largest absolute Gasteiger partial charge is 0.496 e. The second-order valence-electron chi connectivity index (χ2n) is 8.60. The summed E-state index contributed by atoms with van der Waals surface area (Å²) in [6, 6.07) is 12.7. The maximum Gasteiger partial charge on any atom is 0.308 e. The number of benzene rings is 3. The average Bonchev–Trinajstić information content (AvgIpc) is 2.83. The predicted octanol–water partition coefficient (Wildman–Crippen LogP) is 5.22. The molecular formula is C26H25ClFNO6S. The first-order valence-corrected chi connectivity index (χ1v) is 13.0. The van der Waals surface area contributed by atoms with Gasteiger partial charge in [0.05, 0.1) is 34.7 Å². The number of hydrogen-bond donors (Lipinski definition) is 1. The fraction of sp³-hybridized carbons (Fsp3) is 0.269. The number of aryl methyl sites for hydroxylation is 1. The molecular weight excluding hydrogens is 509 g/mol. The van der Waals surface area contributed by atoms with Crippen molar-refractivity contribution in [3.05, 3.63) is 82.1 Å². The van der Waals surface area contributed by atoms with E-state index in [0.717, 1.165) is 9.87 Å². The molecule has 10 heteroatoms. The summed E-state index contributed by atoms with van der Waals surface area (Å²) in [7, 11) is -2.74. The first-order chi connectivity index (χ1) is 17.0. The molecule has 36 heavy (non-hydrogen) atoms. The number of halogens is 2. The molecule has 4 rings (SSSR count). The molecule has 2 unspecified atom stereocenters. The molecule has 0 saturated heterocycles. The van der Waals surface area contributed by atoms with E-state index in [4.69, 9.17) is 21.1 Å². The van der Waals surface area contributed by atoms with Crippen molar-refractivity contribution in [2.24, 2.45) is 5.92 Å². The molecule has 1 aliphatic rings. The zero-order valence-electron chi connectivity index (χ0n) is 19.9. The number of rotatable bonds is 7. The van der Waals surface area contributed by atoms with Gasteiger partial charge >= 0.3 is 5.97 Å². The third kappa shape index (κ3) is 4.73. The standard InChI is InChI=1S/C26H25ClFNO6S/c1-15-7-10-19(13-25(15)34-3)36(32,33)29-16(2)20(26(30)31)11-17-8-9-18(12-24(17)29)35-14-21-22(27)5-4-6-23(21)28/h4-10,12-13,16,20H,11,14H2,1-3H3,(H,30,31). The van der Waals surface area contributed by atoms with Crippen LogP contribution in [0.4, 0.5) is 10.1 Å². The summed E-state index contributed by atoms with van der Waals surface area (Å²) >= 11 is 6.09. The number of methoxy groups -OCH3 is 1. The van der Waals surface area contributed by atoms with Crippen molar-refractivity contribution < 1.29 is 32.2 Å². The molecule has 1 N–H and O–H groups in total. The Bertz CT molecular complexity index is 1410. The monoisotopic (exact) mass is 533 g/mol. The maximum absolute atomic E-state index is 14.2. The van der Waals surface area contributed by atoms with Gasteiger partial charge in [-0.2, -0.15) is 0 Å². The topological polar surface area (TPSA) is 93.1 Å². The highest BCUT2D eigenvalue weighted by atomic mass is 35.5. The molecule has 0 saturated carbocycles. The van der Waals surface area contributed by atoms with Gasteiger partial charge in [0.25, 0.3) is 10.0 Å². The highest BCUT2D eigenvalue weighted by Crippen LogP contribution is 2.41. The van der Waals surface area contributed by atoms with E-state index in [0.29, 0.717) is 17.0 Å². The Morgan fingerprint density at radius 2 is 1.94 bits per heavy atom. The second-order valence-corrected chi connectivity index (χ2v) is 10.8.